The van der Waals surface area contributed by atoms with Gasteiger partial charge in [-0.3, -0.25) is 0 Å². The molecule has 0 spiro atoms. The molecule has 23 heavy (non-hydrogen) atoms. The highest BCUT2D eigenvalue weighted by Gasteiger charge is 2.28. The topological polar surface area (TPSA) is 64.0 Å². The van der Waals surface area contributed by atoms with Crippen LogP contribution < -0.4 is 4.72 Å². The van der Waals surface area contributed by atoms with Gasteiger partial charge in [-0.25, -0.2) is 31.3 Å². The molecule has 124 valence electrons. The summed E-state index contributed by atoms with van der Waals surface area (Å²) >= 11 is 0. The Morgan fingerprint density at radius 1 is 1.26 bits per heavy atom. The fraction of sp³-hybridized carbons (Fsp3) is 0.357. The molecular weight excluding hydrogens is 331 g/mol. The van der Waals surface area contributed by atoms with Crippen molar-refractivity contribution in [1.29, 1.82) is 0 Å². The van der Waals surface area contributed by atoms with E-state index in [4.69, 9.17) is 0 Å². The lowest BCUT2D eigenvalue weighted by Crippen LogP contribution is -2.41. The third-order valence-corrected chi connectivity index (χ3v) is 5.26. The van der Waals surface area contributed by atoms with Gasteiger partial charge in [0.2, 0.25) is 10.0 Å². The van der Waals surface area contributed by atoms with Crippen molar-refractivity contribution >= 4 is 10.0 Å². The van der Waals surface area contributed by atoms with E-state index in [1.165, 1.54) is 0 Å². The predicted octanol–water partition coefficient (Wildman–Crippen LogP) is 1.90. The van der Waals surface area contributed by atoms with Gasteiger partial charge in [0.15, 0.2) is 17.5 Å². The largest absolute Gasteiger partial charge is 0.333 e. The summed E-state index contributed by atoms with van der Waals surface area (Å²) in [7, 11) is -4.29. The Kier molecular flexibility index (Phi) is 3.93. The van der Waals surface area contributed by atoms with E-state index in [1.54, 1.807) is 6.20 Å². The Morgan fingerprint density at radius 3 is 2.74 bits per heavy atom. The number of rotatable bonds is 3. The first-order chi connectivity index (χ1) is 10.8. The average molecular weight is 345 g/mol. The van der Waals surface area contributed by atoms with E-state index in [0.717, 1.165) is 11.5 Å². The zero-order chi connectivity index (χ0) is 16.8. The number of nitrogens with one attached hydrogen (secondary N) is 1. The van der Waals surface area contributed by atoms with Crippen LogP contribution in [0.2, 0.25) is 0 Å². The van der Waals surface area contributed by atoms with Gasteiger partial charge < -0.3 is 4.57 Å². The summed E-state index contributed by atoms with van der Waals surface area (Å²) < 4.78 is 68.5. The lowest BCUT2D eigenvalue weighted by Gasteiger charge is -2.24. The first kappa shape index (κ1) is 16.0. The van der Waals surface area contributed by atoms with Gasteiger partial charge in [-0.05, 0) is 25.5 Å². The molecule has 0 aliphatic carbocycles. The smallest absolute Gasteiger partial charge is 0.243 e. The maximum absolute atomic E-state index is 13.7. The van der Waals surface area contributed by atoms with Crippen LogP contribution in [-0.2, 0) is 23.0 Å². The number of aromatic nitrogens is 2. The van der Waals surface area contributed by atoms with E-state index in [2.05, 4.69) is 9.71 Å². The molecule has 1 N–H and O–H groups in total. The maximum Gasteiger partial charge on any atom is 0.243 e. The van der Waals surface area contributed by atoms with Crippen LogP contribution in [0.1, 0.15) is 17.9 Å². The summed E-state index contributed by atoms with van der Waals surface area (Å²) in [5.41, 5.74) is 0.829. The van der Waals surface area contributed by atoms with Crippen molar-refractivity contribution < 1.29 is 21.6 Å². The molecule has 5 nitrogen and oxygen atoms in total. The molecule has 1 aromatic heterocycles. The van der Waals surface area contributed by atoms with Crippen LogP contribution in [0.25, 0.3) is 0 Å². The van der Waals surface area contributed by atoms with Crippen LogP contribution in [0.15, 0.2) is 23.2 Å². The van der Waals surface area contributed by atoms with E-state index < -0.39 is 38.4 Å². The van der Waals surface area contributed by atoms with Crippen molar-refractivity contribution in [1.82, 2.24) is 14.3 Å². The van der Waals surface area contributed by atoms with E-state index >= 15 is 0 Å². The monoisotopic (exact) mass is 345 g/mol. The van der Waals surface area contributed by atoms with Gasteiger partial charge in [0, 0.05) is 25.2 Å². The number of hydrogen-bond donors (Lipinski definition) is 1. The second-order valence-corrected chi connectivity index (χ2v) is 7.16. The zero-order valence-electron chi connectivity index (χ0n) is 12.2. The summed E-state index contributed by atoms with van der Waals surface area (Å²) in [6.07, 6.45) is 2.86. The van der Waals surface area contributed by atoms with Crippen molar-refractivity contribution in [2.24, 2.45) is 0 Å². The third-order valence-electron chi connectivity index (χ3n) is 3.72. The van der Waals surface area contributed by atoms with Gasteiger partial charge in [-0.2, -0.15) is 0 Å². The highest BCUT2D eigenvalue weighted by atomic mass is 32.2. The lowest BCUT2D eigenvalue weighted by molar-refractivity contribution is 0.414. The summed E-state index contributed by atoms with van der Waals surface area (Å²) in [6, 6.07) is 0.824. The number of halogens is 3. The number of nitrogens with zero attached hydrogens (tertiary/aromatic N) is 2. The Hall–Kier alpha value is -1.87. The van der Waals surface area contributed by atoms with Gasteiger partial charge in [0.1, 0.15) is 10.7 Å². The van der Waals surface area contributed by atoms with E-state index in [0.29, 0.717) is 31.5 Å². The molecule has 1 atom stereocenters. The molecule has 2 aromatic rings. The molecule has 0 unspecified atom stereocenters. The van der Waals surface area contributed by atoms with Gasteiger partial charge in [0.05, 0.1) is 5.69 Å². The first-order valence-electron chi connectivity index (χ1n) is 6.96. The molecule has 3 rings (SSSR count). The van der Waals surface area contributed by atoms with Crippen LogP contribution in [0.5, 0.6) is 0 Å². The molecule has 9 heteroatoms. The minimum absolute atomic E-state index is 0.348. The summed E-state index contributed by atoms with van der Waals surface area (Å²) in [5, 5.41) is 0. The highest BCUT2D eigenvalue weighted by Crippen LogP contribution is 2.22. The quantitative estimate of drug-likeness (QED) is 0.865. The first-order valence-corrected chi connectivity index (χ1v) is 8.45. The van der Waals surface area contributed by atoms with Crippen LogP contribution in [0.3, 0.4) is 0 Å². The molecule has 0 bridgehead atoms. The number of aryl methyl sites for hydroxylation is 2. The highest BCUT2D eigenvalue weighted by molar-refractivity contribution is 7.89. The molecule has 1 aromatic carbocycles. The average Bonchev–Trinajstić information content (AvgIpc) is 2.83. The summed E-state index contributed by atoms with van der Waals surface area (Å²) in [6.45, 7) is 2.18. The number of fused-ring (bicyclic) bond motifs is 1. The molecule has 0 fully saturated rings. The normalized spacial score (nSPS) is 18.0. The Bertz CT molecular complexity index is 864. The molecular formula is C14H14F3N3O2S. The van der Waals surface area contributed by atoms with E-state index in [-0.39, 0.29) is 0 Å². The minimum atomic E-state index is -4.29. The molecule has 2 heterocycles. The predicted molar refractivity (Wildman–Crippen MR) is 75.7 cm³/mol. The van der Waals surface area contributed by atoms with Crippen LogP contribution in [0.4, 0.5) is 13.2 Å². The molecule has 1 aliphatic rings. The molecule has 0 saturated heterocycles. The van der Waals surface area contributed by atoms with Crippen LogP contribution >= 0.6 is 0 Å². The molecule has 0 amide bonds. The number of benzene rings is 1. The van der Waals surface area contributed by atoms with Gasteiger partial charge >= 0.3 is 0 Å². The van der Waals surface area contributed by atoms with Crippen molar-refractivity contribution in [3.8, 4) is 0 Å². The second kappa shape index (κ2) is 5.64. The fourth-order valence-corrected chi connectivity index (χ4v) is 4.01. The Labute approximate surface area is 131 Å². The Balaban J connectivity index is 1.84. The Morgan fingerprint density at radius 2 is 2.00 bits per heavy atom. The summed E-state index contributed by atoms with van der Waals surface area (Å²) in [4.78, 5) is 3.41. The molecule has 1 aliphatic heterocycles. The van der Waals surface area contributed by atoms with Crippen molar-refractivity contribution in [3.63, 3.8) is 0 Å². The number of hydrogen-bond acceptors (Lipinski definition) is 3. The van der Waals surface area contributed by atoms with Gasteiger partial charge in [-0.1, -0.05) is 0 Å². The van der Waals surface area contributed by atoms with Crippen LogP contribution in [-0.4, -0.2) is 24.0 Å². The summed E-state index contributed by atoms with van der Waals surface area (Å²) in [5.74, 6) is -4.09. The SMILES string of the molecule is Cc1cn2c(n1)CC[C@H](NS(=O)(=O)c1ccc(F)c(F)c1F)C2. The standard InChI is InChI=1S/C14H14F3N3O2S/c1-8-6-20-7-9(2-5-12(20)18-8)19-23(21,22)11-4-3-10(15)13(16)14(11)17/h3-4,6,9,19H,2,5,7H2,1H3/t9-/m0/s1. The van der Waals surface area contributed by atoms with E-state index in [1.807, 2.05) is 11.5 Å². The van der Waals surface area contributed by atoms with Crippen LogP contribution in [0, 0.1) is 24.4 Å². The second-order valence-electron chi connectivity index (χ2n) is 5.48. The fourth-order valence-electron chi connectivity index (χ4n) is 2.68. The minimum Gasteiger partial charge on any atom is -0.333 e. The van der Waals surface area contributed by atoms with Crippen molar-refractivity contribution in [2.75, 3.05) is 0 Å². The van der Waals surface area contributed by atoms with Gasteiger partial charge in [-0.15, -0.1) is 0 Å². The number of sulfonamides is 1. The number of imidazole rings is 1. The van der Waals surface area contributed by atoms with Gasteiger partial charge in [0.25, 0.3) is 0 Å². The zero-order valence-corrected chi connectivity index (χ0v) is 13.0. The molecule has 0 radical (unpaired) electrons. The van der Waals surface area contributed by atoms with Crippen molar-refractivity contribution in [3.05, 3.63) is 47.3 Å². The molecule has 0 saturated carbocycles. The lowest BCUT2D eigenvalue weighted by atomic mass is 10.1. The maximum atomic E-state index is 13.7. The van der Waals surface area contributed by atoms with E-state index in [9.17, 15) is 21.6 Å². The third kappa shape index (κ3) is 2.98. The van der Waals surface area contributed by atoms with Crippen molar-refractivity contribution in [2.45, 2.75) is 37.2 Å².